The minimum Gasteiger partial charge on any atom is -0.478 e. The zero-order chi connectivity index (χ0) is 13.3. The van der Waals surface area contributed by atoms with Crippen LogP contribution in [0.25, 0.3) is 0 Å². The normalized spacial score (nSPS) is 15.4. The highest BCUT2D eigenvalue weighted by molar-refractivity contribution is 7.90. The van der Waals surface area contributed by atoms with Gasteiger partial charge in [0.05, 0.1) is 11.3 Å². The van der Waals surface area contributed by atoms with Crippen molar-refractivity contribution in [2.24, 2.45) is 0 Å². The first kappa shape index (κ1) is 12.8. The van der Waals surface area contributed by atoms with Crippen molar-refractivity contribution < 1.29 is 18.3 Å². The van der Waals surface area contributed by atoms with Gasteiger partial charge in [-0.15, -0.1) is 0 Å². The SMILES string of the molecule is Cc1ccc(NS(=O)(=O)NC2CC2)c(C(=O)O)c1. The van der Waals surface area contributed by atoms with E-state index in [9.17, 15) is 13.2 Å². The molecule has 1 aromatic carbocycles. The van der Waals surface area contributed by atoms with Crippen LogP contribution in [-0.2, 0) is 10.2 Å². The van der Waals surface area contributed by atoms with E-state index in [1.54, 1.807) is 13.0 Å². The van der Waals surface area contributed by atoms with Gasteiger partial charge >= 0.3 is 5.97 Å². The van der Waals surface area contributed by atoms with Gasteiger partial charge in [-0.25, -0.2) is 4.79 Å². The number of benzene rings is 1. The maximum absolute atomic E-state index is 11.7. The van der Waals surface area contributed by atoms with Gasteiger partial charge < -0.3 is 5.11 Å². The van der Waals surface area contributed by atoms with E-state index in [1.165, 1.54) is 12.1 Å². The number of anilines is 1. The van der Waals surface area contributed by atoms with Crippen LogP contribution in [0.5, 0.6) is 0 Å². The van der Waals surface area contributed by atoms with Crippen molar-refractivity contribution in [3.63, 3.8) is 0 Å². The van der Waals surface area contributed by atoms with Crippen LogP contribution in [0.2, 0.25) is 0 Å². The first-order chi connectivity index (χ1) is 8.37. The number of carboxylic acid groups (broad SMARTS) is 1. The van der Waals surface area contributed by atoms with Crippen LogP contribution in [0.4, 0.5) is 5.69 Å². The summed E-state index contributed by atoms with van der Waals surface area (Å²) in [5.74, 6) is -1.16. The lowest BCUT2D eigenvalue weighted by Gasteiger charge is -2.11. The van der Waals surface area contributed by atoms with Crippen molar-refractivity contribution >= 4 is 21.9 Å². The summed E-state index contributed by atoms with van der Waals surface area (Å²) in [7, 11) is -3.70. The fraction of sp³-hybridized carbons (Fsp3) is 0.364. The summed E-state index contributed by atoms with van der Waals surface area (Å²) in [4.78, 5) is 11.0. The first-order valence-electron chi connectivity index (χ1n) is 5.51. The quantitative estimate of drug-likeness (QED) is 0.746. The maximum atomic E-state index is 11.7. The third-order valence-electron chi connectivity index (χ3n) is 2.55. The Morgan fingerprint density at radius 3 is 2.61 bits per heavy atom. The lowest BCUT2D eigenvalue weighted by Crippen LogP contribution is -2.32. The van der Waals surface area contributed by atoms with E-state index in [0.29, 0.717) is 0 Å². The number of hydrogen-bond acceptors (Lipinski definition) is 3. The van der Waals surface area contributed by atoms with Crippen LogP contribution >= 0.6 is 0 Å². The molecule has 0 aromatic heterocycles. The van der Waals surface area contributed by atoms with Crippen molar-refractivity contribution in [2.75, 3.05) is 4.72 Å². The molecule has 1 aliphatic rings. The third kappa shape index (κ3) is 3.21. The lowest BCUT2D eigenvalue weighted by molar-refractivity contribution is 0.0698. The minimum absolute atomic E-state index is 0.0266. The van der Waals surface area contributed by atoms with Gasteiger partial charge in [-0.1, -0.05) is 11.6 Å². The molecular weight excluding hydrogens is 256 g/mol. The van der Waals surface area contributed by atoms with E-state index in [-0.39, 0.29) is 17.3 Å². The summed E-state index contributed by atoms with van der Waals surface area (Å²) in [6.45, 7) is 1.74. The average molecular weight is 270 g/mol. The Morgan fingerprint density at radius 1 is 1.39 bits per heavy atom. The monoisotopic (exact) mass is 270 g/mol. The smallest absolute Gasteiger partial charge is 0.337 e. The fourth-order valence-electron chi connectivity index (χ4n) is 1.52. The molecule has 0 unspecified atom stereocenters. The van der Waals surface area contributed by atoms with Crippen LogP contribution < -0.4 is 9.44 Å². The van der Waals surface area contributed by atoms with Crippen LogP contribution in [0.1, 0.15) is 28.8 Å². The summed E-state index contributed by atoms with van der Waals surface area (Å²) in [6.07, 6.45) is 1.64. The fourth-order valence-corrected chi connectivity index (χ4v) is 2.72. The molecular formula is C11H14N2O4S. The molecule has 2 rings (SSSR count). The second-order valence-corrected chi connectivity index (χ2v) is 5.80. The highest BCUT2D eigenvalue weighted by Gasteiger charge is 2.27. The molecule has 1 aliphatic carbocycles. The Morgan fingerprint density at radius 2 is 2.06 bits per heavy atom. The Hall–Kier alpha value is -1.60. The van der Waals surface area contributed by atoms with Gasteiger partial charge in [0.1, 0.15) is 0 Å². The Bertz CT molecular complexity index is 579. The van der Waals surface area contributed by atoms with Gasteiger partial charge in [-0.05, 0) is 31.9 Å². The molecule has 0 spiro atoms. The molecule has 0 atom stereocenters. The Labute approximate surface area is 105 Å². The molecule has 1 fully saturated rings. The van der Waals surface area contributed by atoms with E-state index in [0.717, 1.165) is 18.4 Å². The highest BCUT2D eigenvalue weighted by Crippen LogP contribution is 2.22. The number of carbonyl (C=O) groups is 1. The van der Waals surface area contributed by atoms with E-state index < -0.39 is 16.2 Å². The molecule has 0 radical (unpaired) electrons. The number of nitrogens with one attached hydrogen (secondary N) is 2. The predicted molar refractivity (Wildman–Crippen MR) is 66.8 cm³/mol. The van der Waals surface area contributed by atoms with E-state index >= 15 is 0 Å². The van der Waals surface area contributed by atoms with Crippen molar-refractivity contribution in [1.29, 1.82) is 0 Å². The van der Waals surface area contributed by atoms with Crippen LogP contribution in [0, 0.1) is 6.92 Å². The largest absolute Gasteiger partial charge is 0.478 e. The highest BCUT2D eigenvalue weighted by atomic mass is 32.2. The van der Waals surface area contributed by atoms with Crippen LogP contribution in [0.15, 0.2) is 18.2 Å². The average Bonchev–Trinajstić information content (AvgIpc) is 3.03. The number of aryl methyl sites for hydroxylation is 1. The number of hydrogen-bond donors (Lipinski definition) is 3. The summed E-state index contributed by atoms with van der Waals surface area (Å²) in [5.41, 5.74) is 0.767. The Balaban J connectivity index is 2.25. The molecule has 1 saturated carbocycles. The first-order valence-corrected chi connectivity index (χ1v) is 7.00. The zero-order valence-corrected chi connectivity index (χ0v) is 10.6. The van der Waals surface area contributed by atoms with Gasteiger partial charge in [0.25, 0.3) is 10.2 Å². The molecule has 18 heavy (non-hydrogen) atoms. The zero-order valence-electron chi connectivity index (χ0n) is 9.80. The maximum Gasteiger partial charge on any atom is 0.337 e. The van der Waals surface area contributed by atoms with Gasteiger partial charge in [0.15, 0.2) is 0 Å². The van der Waals surface area contributed by atoms with Gasteiger partial charge in [0.2, 0.25) is 0 Å². The molecule has 98 valence electrons. The molecule has 1 aromatic rings. The topological polar surface area (TPSA) is 95.5 Å². The van der Waals surface area contributed by atoms with Gasteiger partial charge in [-0.2, -0.15) is 13.1 Å². The molecule has 0 heterocycles. The molecule has 0 aliphatic heterocycles. The summed E-state index contributed by atoms with van der Waals surface area (Å²) < 4.78 is 28.1. The van der Waals surface area contributed by atoms with E-state index in [2.05, 4.69) is 9.44 Å². The van der Waals surface area contributed by atoms with Gasteiger partial charge in [-0.3, -0.25) is 4.72 Å². The molecule has 7 heteroatoms. The van der Waals surface area contributed by atoms with Crippen molar-refractivity contribution in [2.45, 2.75) is 25.8 Å². The van der Waals surface area contributed by atoms with Crippen molar-refractivity contribution in [3.05, 3.63) is 29.3 Å². The number of aromatic carboxylic acids is 1. The number of rotatable bonds is 5. The molecule has 3 N–H and O–H groups in total. The second kappa shape index (κ2) is 4.58. The lowest BCUT2D eigenvalue weighted by atomic mass is 10.1. The third-order valence-corrected chi connectivity index (χ3v) is 3.68. The van der Waals surface area contributed by atoms with E-state index in [1.807, 2.05) is 0 Å². The van der Waals surface area contributed by atoms with Crippen LogP contribution in [-0.4, -0.2) is 25.5 Å². The summed E-state index contributed by atoms with van der Waals surface area (Å²) in [5, 5.41) is 9.03. The second-order valence-electron chi connectivity index (χ2n) is 4.35. The molecule has 0 saturated heterocycles. The minimum atomic E-state index is -3.70. The van der Waals surface area contributed by atoms with Crippen LogP contribution in [0.3, 0.4) is 0 Å². The van der Waals surface area contributed by atoms with Gasteiger partial charge in [0, 0.05) is 6.04 Å². The molecule has 0 amide bonds. The Kier molecular flexibility index (Phi) is 3.27. The van der Waals surface area contributed by atoms with E-state index in [4.69, 9.17) is 5.11 Å². The number of carboxylic acids is 1. The summed E-state index contributed by atoms with van der Waals surface area (Å²) in [6, 6.07) is 4.50. The van der Waals surface area contributed by atoms with Crippen molar-refractivity contribution in [1.82, 2.24) is 4.72 Å². The molecule has 0 bridgehead atoms. The standard InChI is InChI=1S/C11H14N2O4S/c1-7-2-5-10(9(6-7)11(14)15)13-18(16,17)12-8-3-4-8/h2,5-6,8,12-13H,3-4H2,1H3,(H,14,15). The molecule has 6 nitrogen and oxygen atoms in total. The predicted octanol–water partition coefficient (Wildman–Crippen LogP) is 1.10. The summed E-state index contributed by atoms with van der Waals surface area (Å²) >= 11 is 0. The van der Waals surface area contributed by atoms with Crippen molar-refractivity contribution in [3.8, 4) is 0 Å².